The Morgan fingerprint density at radius 2 is 1.86 bits per heavy atom. The molecule has 0 aliphatic rings. The average Bonchev–Trinajstić information content (AvgIpc) is 2.51. The van der Waals surface area contributed by atoms with Gasteiger partial charge in [0, 0.05) is 18.4 Å². The van der Waals surface area contributed by atoms with Gasteiger partial charge in [-0.05, 0) is 27.7 Å². The van der Waals surface area contributed by atoms with Gasteiger partial charge in [0.15, 0.2) is 0 Å². The average molecular weight is 216 g/mol. The maximum Gasteiger partial charge on any atom is 0.228 e. The van der Waals surface area contributed by atoms with Crippen molar-refractivity contribution >= 4 is 9.84 Å². The molecular formula is C9H16N2O2S. The number of nitrogens with zero attached hydrogens (tertiary/aromatic N) is 2. The summed E-state index contributed by atoms with van der Waals surface area (Å²) in [5.74, 6) is 0. The van der Waals surface area contributed by atoms with E-state index >= 15 is 0 Å². The fourth-order valence-corrected chi connectivity index (χ4v) is 2.32. The molecule has 5 heteroatoms. The lowest BCUT2D eigenvalue weighted by Crippen LogP contribution is -2.19. The van der Waals surface area contributed by atoms with Crippen molar-refractivity contribution in [2.75, 3.05) is 0 Å². The summed E-state index contributed by atoms with van der Waals surface area (Å²) in [6.45, 7) is 7.19. The third kappa shape index (κ3) is 1.82. The molecule has 0 spiro atoms. The molecule has 0 aliphatic heterocycles. The fraction of sp³-hybridized carbons (Fsp3) is 0.667. The Morgan fingerprint density at radius 3 is 2.29 bits per heavy atom. The van der Waals surface area contributed by atoms with Gasteiger partial charge in [0.1, 0.15) is 0 Å². The van der Waals surface area contributed by atoms with Gasteiger partial charge in [0.05, 0.1) is 5.25 Å². The zero-order valence-electron chi connectivity index (χ0n) is 8.93. The highest BCUT2D eigenvalue weighted by molar-refractivity contribution is 7.91. The van der Waals surface area contributed by atoms with Gasteiger partial charge in [0.25, 0.3) is 0 Å². The molecule has 1 rings (SSSR count). The fourth-order valence-electron chi connectivity index (χ4n) is 1.12. The lowest BCUT2D eigenvalue weighted by Gasteiger charge is -2.13. The number of imidazole rings is 1. The van der Waals surface area contributed by atoms with E-state index in [1.165, 1.54) is 6.20 Å². The molecule has 4 nitrogen and oxygen atoms in total. The van der Waals surface area contributed by atoms with Crippen LogP contribution in [0.5, 0.6) is 0 Å². The van der Waals surface area contributed by atoms with Crippen LogP contribution in [0.1, 0.15) is 33.7 Å². The van der Waals surface area contributed by atoms with E-state index in [1.54, 1.807) is 24.6 Å². The van der Waals surface area contributed by atoms with Crippen LogP contribution < -0.4 is 0 Å². The molecule has 0 fully saturated rings. The molecule has 0 aliphatic carbocycles. The van der Waals surface area contributed by atoms with Crippen LogP contribution in [0, 0.1) is 0 Å². The minimum atomic E-state index is -3.26. The summed E-state index contributed by atoms with van der Waals surface area (Å²) in [4.78, 5) is 3.91. The summed E-state index contributed by atoms with van der Waals surface area (Å²) in [7, 11) is -3.26. The Kier molecular flexibility index (Phi) is 2.99. The van der Waals surface area contributed by atoms with Crippen molar-refractivity contribution in [2.45, 2.75) is 44.1 Å². The van der Waals surface area contributed by atoms with Crippen LogP contribution in [-0.4, -0.2) is 23.2 Å². The Labute approximate surface area is 84.9 Å². The van der Waals surface area contributed by atoms with E-state index in [0.717, 1.165) is 0 Å². The highest BCUT2D eigenvalue weighted by Crippen LogP contribution is 2.17. The number of rotatable bonds is 3. The monoisotopic (exact) mass is 216 g/mol. The molecule has 0 bridgehead atoms. The predicted octanol–water partition coefficient (Wildman–Crippen LogP) is 1.65. The van der Waals surface area contributed by atoms with Crippen LogP contribution in [0.3, 0.4) is 0 Å². The first kappa shape index (κ1) is 11.2. The van der Waals surface area contributed by atoms with E-state index in [9.17, 15) is 8.42 Å². The molecule has 0 unspecified atom stereocenters. The molecular weight excluding hydrogens is 200 g/mol. The van der Waals surface area contributed by atoms with Gasteiger partial charge >= 0.3 is 0 Å². The topological polar surface area (TPSA) is 52.0 Å². The van der Waals surface area contributed by atoms with E-state index in [-0.39, 0.29) is 11.2 Å². The molecule has 80 valence electrons. The summed E-state index contributed by atoms with van der Waals surface area (Å²) in [6, 6.07) is 0.112. The van der Waals surface area contributed by atoms with E-state index in [4.69, 9.17) is 0 Å². The zero-order chi connectivity index (χ0) is 10.9. The minimum absolute atomic E-state index is 0.112. The molecule has 0 radical (unpaired) electrons. The third-order valence-corrected chi connectivity index (χ3v) is 4.13. The summed E-state index contributed by atoms with van der Waals surface area (Å²) in [5.41, 5.74) is 0. The Morgan fingerprint density at radius 1 is 1.29 bits per heavy atom. The Balaban J connectivity index is 3.27. The molecule has 1 aromatic rings. The molecule has 0 atom stereocenters. The lowest BCUT2D eigenvalue weighted by molar-refractivity contribution is 0.516. The maximum atomic E-state index is 11.8. The van der Waals surface area contributed by atoms with E-state index in [0.29, 0.717) is 0 Å². The number of aromatic nitrogens is 2. The number of hydrogen-bond acceptors (Lipinski definition) is 3. The second kappa shape index (κ2) is 3.73. The van der Waals surface area contributed by atoms with Crippen LogP contribution in [0.4, 0.5) is 0 Å². The SMILES string of the molecule is CC(C)n1ccnc1S(=O)(=O)C(C)C. The van der Waals surface area contributed by atoms with Crippen molar-refractivity contribution in [2.24, 2.45) is 0 Å². The van der Waals surface area contributed by atoms with Gasteiger partial charge < -0.3 is 4.57 Å². The third-order valence-electron chi connectivity index (χ3n) is 2.06. The maximum absolute atomic E-state index is 11.8. The summed E-state index contributed by atoms with van der Waals surface area (Å²) in [5, 5.41) is -0.259. The first-order valence-electron chi connectivity index (χ1n) is 4.64. The summed E-state index contributed by atoms with van der Waals surface area (Å²) in [6.07, 6.45) is 3.22. The molecule has 1 heterocycles. The highest BCUT2D eigenvalue weighted by Gasteiger charge is 2.25. The minimum Gasteiger partial charge on any atom is -0.319 e. The van der Waals surface area contributed by atoms with Gasteiger partial charge in [-0.15, -0.1) is 0 Å². The van der Waals surface area contributed by atoms with Gasteiger partial charge in [0.2, 0.25) is 15.0 Å². The van der Waals surface area contributed by atoms with Crippen LogP contribution >= 0.6 is 0 Å². The van der Waals surface area contributed by atoms with Crippen molar-refractivity contribution in [1.29, 1.82) is 0 Å². The molecule has 14 heavy (non-hydrogen) atoms. The van der Waals surface area contributed by atoms with Gasteiger partial charge in [-0.1, -0.05) is 0 Å². The van der Waals surface area contributed by atoms with E-state index in [2.05, 4.69) is 4.98 Å². The van der Waals surface area contributed by atoms with Gasteiger partial charge in [-0.25, -0.2) is 13.4 Å². The predicted molar refractivity (Wildman–Crippen MR) is 54.9 cm³/mol. The van der Waals surface area contributed by atoms with Crippen molar-refractivity contribution in [3.05, 3.63) is 12.4 Å². The largest absolute Gasteiger partial charge is 0.319 e. The van der Waals surface area contributed by atoms with Crippen LogP contribution in [-0.2, 0) is 9.84 Å². The van der Waals surface area contributed by atoms with Crippen LogP contribution in [0.15, 0.2) is 17.6 Å². The van der Waals surface area contributed by atoms with Gasteiger partial charge in [-0.3, -0.25) is 0 Å². The summed E-state index contributed by atoms with van der Waals surface area (Å²) < 4.78 is 25.3. The highest BCUT2D eigenvalue weighted by atomic mass is 32.2. The second-order valence-electron chi connectivity index (χ2n) is 3.80. The lowest BCUT2D eigenvalue weighted by atomic mass is 10.4. The molecule has 0 amide bonds. The first-order valence-corrected chi connectivity index (χ1v) is 6.18. The molecule has 0 N–H and O–H groups in total. The molecule has 0 saturated carbocycles. The summed E-state index contributed by atoms with van der Waals surface area (Å²) >= 11 is 0. The molecule has 0 aromatic carbocycles. The van der Waals surface area contributed by atoms with Crippen molar-refractivity contribution in [3.63, 3.8) is 0 Å². The second-order valence-corrected chi connectivity index (χ2v) is 6.20. The van der Waals surface area contributed by atoms with E-state index < -0.39 is 15.1 Å². The normalized spacial score (nSPS) is 12.7. The quantitative estimate of drug-likeness (QED) is 0.772. The van der Waals surface area contributed by atoms with Crippen molar-refractivity contribution in [1.82, 2.24) is 9.55 Å². The molecule has 1 aromatic heterocycles. The Bertz CT molecular complexity index is 404. The van der Waals surface area contributed by atoms with Crippen LogP contribution in [0.25, 0.3) is 0 Å². The number of sulfone groups is 1. The van der Waals surface area contributed by atoms with E-state index in [1.807, 2.05) is 13.8 Å². The standard InChI is InChI=1S/C9H16N2O2S/c1-7(2)11-6-5-10-9(11)14(12,13)8(3)4/h5-8H,1-4H3. The van der Waals surface area contributed by atoms with Crippen molar-refractivity contribution < 1.29 is 8.42 Å². The van der Waals surface area contributed by atoms with Crippen molar-refractivity contribution in [3.8, 4) is 0 Å². The smallest absolute Gasteiger partial charge is 0.228 e. The molecule has 0 saturated heterocycles. The van der Waals surface area contributed by atoms with Crippen LogP contribution in [0.2, 0.25) is 0 Å². The first-order chi connectivity index (χ1) is 6.37. The van der Waals surface area contributed by atoms with Gasteiger partial charge in [-0.2, -0.15) is 0 Å². The zero-order valence-corrected chi connectivity index (χ0v) is 9.75. The Hall–Kier alpha value is -0.840. The number of hydrogen-bond donors (Lipinski definition) is 0.